The summed E-state index contributed by atoms with van der Waals surface area (Å²) in [4.78, 5) is 16.0. The van der Waals surface area contributed by atoms with E-state index in [1.807, 2.05) is 24.3 Å². The van der Waals surface area contributed by atoms with E-state index in [1.54, 1.807) is 11.7 Å². The molecule has 0 spiro atoms. The number of aromatic nitrogens is 3. The van der Waals surface area contributed by atoms with Crippen LogP contribution < -0.4 is 0 Å². The van der Waals surface area contributed by atoms with Crippen LogP contribution in [0.25, 0.3) is 0 Å². The van der Waals surface area contributed by atoms with Gasteiger partial charge in [0.1, 0.15) is 6.33 Å². The van der Waals surface area contributed by atoms with Gasteiger partial charge in [0, 0.05) is 17.1 Å². The van der Waals surface area contributed by atoms with Crippen molar-refractivity contribution in [2.75, 3.05) is 5.75 Å². The maximum atomic E-state index is 12.0. The van der Waals surface area contributed by atoms with Gasteiger partial charge in [-0.1, -0.05) is 45.9 Å². The van der Waals surface area contributed by atoms with Gasteiger partial charge in [-0.05, 0) is 6.07 Å². The van der Waals surface area contributed by atoms with E-state index in [4.69, 9.17) is 0 Å². The van der Waals surface area contributed by atoms with E-state index in [2.05, 4.69) is 26.0 Å². The molecule has 0 fully saturated rings. The minimum atomic E-state index is 0.0745. The monoisotopic (exact) mass is 311 g/mol. The van der Waals surface area contributed by atoms with E-state index >= 15 is 0 Å². The van der Waals surface area contributed by atoms with Gasteiger partial charge in [0.2, 0.25) is 0 Å². The zero-order valence-electron chi connectivity index (χ0n) is 9.13. The third-order valence-electron chi connectivity index (χ3n) is 2.18. The van der Waals surface area contributed by atoms with Gasteiger partial charge < -0.3 is 0 Å². The molecule has 1 aromatic heterocycles. The van der Waals surface area contributed by atoms with Crippen molar-refractivity contribution in [3.8, 4) is 0 Å². The van der Waals surface area contributed by atoms with Crippen molar-refractivity contribution < 1.29 is 4.79 Å². The average Bonchev–Trinajstić information content (AvgIpc) is 2.72. The van der Waals surface area contributed by atoms with Crippen LogP contribution in [-0.4, -0.2) is 26.3 Å². The first-order valence-corrected chi connectivity index (χ1v) is 6.71. The fraction of sp³-hybridized carbons (Fsp3) is 0.182. The van der Waals surface area contributed by atoms with Crippen molar-refractivity contribution in [3.05, 3.63) is 40.6 Å². The predicted molar refractivity (Wildman–Crippen MR) is 70.2 cm³/mol. The summed E-state index contributed by atoms with van der Waals surface area (Å²) >= 11 is 4.75. The quantitative estimate of drug-likeness (QED) is 0.643. The summed E-state index contributed by atoms with van der Waals surface area (Å²) in [5.41, 5.74) is 0.696. The summed E-state index contributed by atoms with van der Waals surface area (Å²) in [6.07, 6.45) is 1.48. The fourth-order valence-corrected chi connectivity index (χ4v) is 2.59. The SMILES string of the molecule is Cn1ncnc1SCC(=O)c1ccccc1Br. The maximum absolute atomic E-state index is 12.0. The van der Waals surface area contributed by atoms with Crippen LogP contribution in [0.5, 0.6) is 0 Å². The Hall–Kier alpha value is -1.14. The molecule has 0 aliphatic heterocycles. The summed E-state index contributed by atoms with van der Waals surface area (Å²) in [5.74, 6) is 0.431. The lowest BCUT2D eigenvalue weighted by molar-refractivity contribution is 0.102. The average molecular weight is 312 g/mol. The number of nitrogens with zero attached hydrogens (tertiary/aromatic N) is 3. The van der Waals surface area contributed by atoms with Gasteiger partial charge >= 0.3 is 0 Å². The summed E-state index contributed by atoms with van der Waals surface area (Å²) < 4.78 is 2.47. The molecule has 4 nitrogen and oxygen atoms in total. The number of ketones is 1. The molecule has 6 heteroatoms. The topological polar surface area (TPSA) is 47.8 Å². The number of aryl methyl sites for hydroxylation is 1. The normalized spacial score (nSPS) is 10.5. The van der Waals surface area contributed by atoms with Crippen LogP contribution in [-0.2, 0) is 7.05 Å². The summed E-state index contributed by atoms with van der Waals surface area (Å²) in [6, 6.07) is 7.41. The highest BCUT2D eigenvalue weighted by atomic mass is 79.9. The van der Waals surface area contributed by atoms with Gasteiger partial charge in [0.25, 0.3) is 0 Å². The first-order valence-electron chi connectivity index (χ1n) is 4.93. The Morgan fingerprint density at radius 1 is 1.47 bits per heavy atom. The third kappa shape index (κ3) is 2.95. The van der Waals surface area contributed by atoms with Crippen LogP contribution in [0.3, 0.4) is 0 Å². The molecule has 0 bridgehead atoms. The second kappa shape index (κ2) is 5.46. The molecule has 0 unspecified atom stereocenters. The zero-order chi connectivity index (χ0) is 12.3. The van der Waals surface area contributed by atoms with Gasteiger partial charge in [0.05, 0.1) is 5.75 Å². The van der Waals surface area contributed by atoms with Crippen molar-refractivity contribution in [2.45, 2.75) is 5.16 Å². The molecular weight excluding hydrogens is 302 g/mol. The molecule has 0 aliphatic carbocycles. The number of hydrogen-bond donors (Lipinski definition) is 0. The van der Waals surface area contributed by atoms with Crippen molar-refractivity contribution in [3.63, 3.8) is 0 Å². The van der Waals surface area contributed by atoms with Gasteiger partial charge in [-0.3, -0.25) is 4.79 Å². The van der Waals surface area contributed by atoms with Crippen LogP contribution in [0, 0.1) is 0 Å². The lowest BCUT2D eigenvalue weighted by Crippen LogP contribution is -2.04. The van der Waals surface area contributed by atoms with E-state index in [9.17, 15) is 4.79 Å². The minimum Gasteiger partial charge on any atom is -0.293 e. The van der Waals surface area contributed by atoms with Crippen molar-refractivity contribution in [2.24, 2.45) is 7.05 Å². The van der Waals surface area contributed by atoms with E-state index in [1.165, 1.54) is 18.1 Å². The fourth-order valence-electron chi connectivity index (χ4n) is 1.31. The van der Waals surface area contributed by atoms with Crippen molar-refractivity contribution in [1.82, 2.24) is 14.8 Å². The second-order valence-electron chi connectivity index (χ2n) is 3.36. The Labute approximate surface area is 112 Å². The molecule has 17 heavy (non-hydrogen) atoms. The summed E-state index contributed by atoms with van der Waals surface area (Å²) in [7, 11) is 1.80. The van der Waals surface area contributed by atoms with E-state index in [0.29, 0.717) is 11.3 Å². The zero-order valence-corrected chi connectivity index (χ0v) is 11.5. The number of halogens is 1. The highest BCUT2D eigenvalue weighted by molar-refractivity contribution is 9.10. The van der Waals surface area contributed by atoms with Crippen molar-refractivity contribution >= 4 is 33.5 Å². The number of benzene rings is 1. The van der Waals surface area contributed by atoms with Crippen LogP contribution in [0.4, 0.5) is 0 Å². The Bertz CT molecular complexity index is 541. The summed E-state index contributed by atoms with van der Waals surface area (Å²) in [5, 5.41) is 4.69. The first-order chi connectivity index (χ1) is 8.18. The van der Waals surface area contributed by atoms with Gasteiger partial charge in [-0.25, -0.2) is 9.67 Å². The van der Waals surface area contributed by atoms with Crippen LogP contribution >= 0.6 is 27.7 Å². The Morgan fingerprint density at radius 3 is 2.88 bits per heavy atom. The van der Waals surface area contributed by atoms with E-state index < -0.39 is 0 Å². The lowest BCUT2D eigenvalue weighted by atomic mass is 10.1. The van der Waals surface area contributed by atoms with Gasteiger partial charge in [-0.15, -0.1) is 0 Å². The number of rotatable bonds is 4. The lowest BCUT2D eigenvalue weighted by Gasteiger charge is -2.02. The first kappa shape index (κ1) is 12.3. The van der Waals surface area contributed by atoms with Gasteiger partial charge in [-0.2, -0.15) is 5.10 Å². The molecule has 0 saturated carbocycles. The predicted octanol–water partition coefficient (Wildman–Crippen LogP) is 2.55. The number of Topliss-reactive ketones (excluding diaryl/α,β-unsaturated/α-hetero) is 1. The molecule has 1 heterocycles. The number of carbonyl (C=O) groups excluding carboxylic acids is 1. The Balaban J connectivity index is 2.04. The third-order valence-corrected chi connectivity index (χ3v) is 3.90. The molecular formula is C11H10BrN3OS. The largest absolute Gasteiger partial charge is 0.293 e. The van der Waals surface area contributed by atoms with Gasteiger partial charge in [0.15, 0.2) is 10.9 Å². The molecule has 88 valence electrons. The van der Waals surface area contributed by atoms with E-state index in [0.717, 1.165) is 9.63 Å². The molecule has 0 atom stereocenters. The molecule has 0 aliphatic rings. The molecule has 1 aromatic carbocycles. The Morgan fingerprint density at radius 2 is 2.24 bits per heavy atom. The number of thioether (sulfide) groups is 1. The highest BCUT2D eigenvalue weighted by Gasteiger charge is 2.11. The smallest absolute Gasteiger partial charge is 0.186 e. The van der Waals surface area contributed by atoms with E-state index in [-0.39, 0.29) is 5.78 Å². The second-order valence-corrected chi connectivity index (χ2v) is 5.15. The summed E-state index contributed by atoms with van der Waals surface area (Å²) in [6.45, 7) is 0. The van der Waals surface area contributed by atoms with Crippen LogP contribution in [0.15, 0.2) is 40.2 Å². The van der Waals surface area contributed by atoms with Crippen LogP contribution in [0.2, 0.25) is 0 Å². The molecule has 0 radical (unpaired) electrons. The number of carbonyl (C=O) groups is 1. The standard InChI is InChI=1S/C11H10BrN3OS/c1-15-11(13-7-14-15)17-6-10(16)8-4-2-3-5-9(8)12/h2-5,7H,6H2,1H3. The number of hydrogen-bond acceptors (Lipinski definition) is 4. The van der Waals surface area contributed by atoms with Crippen molar-refractivity contribution in [1.29, 1.82) is 0 Å². The van der Waals surface area contributed by atoms with Crippen LogP contribution in [0.1, 0.15) is 10.4 Å². The molecule has 0 N–H and O–H groups in total. The molecule has 2 aromatic rings. The highest BCUT2D eigenvalue weighted by Crippen LogP contribution is 2.20. The molecule has 0 saturated heterocycles. The maximum Gasteiger partial charge on any atom is 0.186 e. The molecule has 2 rings (SSSR count). The molecule has 0 amide bonds. The Kier molecular flexibility index (Phi) is 3.96. The minimum absolute atomic E-state index is 0.0745.